The average molecular weight is 287 g/mol. The quantitative estimate of drug-likeness (QED) is 0.871. The van der Waals surface area contributed by atoms with Gasteiger partial charge < -0.3 is 16.0 Å². The summed E-state index contributed by atoms with van der Waals surface area (Å²) in [5.41, 5.74) is 6.28. The molecule has 3 N–H and O–H groups in total. The van der Waals surface area contributed by atoms with Gasteiger partial charge in [-0.1, -0.05) is 0 Å². The van der Waals surface area contributed by atoms with E-state index in [1.165, 1.54) is 0 Å². The molecule has 0 saturated heterocycles. The fourth-order valence-electron chi connectivity index (χ4n) is 1.19. The van der Waals surface area contributed by atoms with E-state index in [9.17, 15) is 0 Å². The van der Waals surface area contributed by atoms with Gasteiger partial charge in [-0.15, -0.1) is 0 Å². The first-order valence-corrected chi connectivity index (χ1v) is 6.15. The number of nitrogens with two attached hydrogens (primary N) is 1. The predicted octanol–water partition coefficient (Wildman–Crippen LogP) is 2.18. The Hall–Kier alpha value is -0.810. The molecule has 1 aromatic rings. The van der Waals surface area contributed by atoms with Crippen LogP contribution in [0.25, 0.3) is 0 Å². The van der Waals surface area contributed by atoms with Crippen LogP contribution in [0.5, 0.6) is 0 Å². The molecule has 16 heavy (non-hydrogen) atoms. The summed E-state index contributed by atoms with van der Waals surface area (Å²) in [7, 11) is 2.11. The molecule has 90 valence electrons. The number of nitrogen functional groups attached to an aromatic ring is 1. The summed E-state index contributed by atoms with van der Waals surface area (Å²) in [4.78, 5) is 6.49. The third-order valence-electron chi connectivity index (χ3n) is 2.50. The van der Waals surface area contributed by atoms with E-state index < -0.39 is 0 Å². The van der Waals surface area contributed by atoms with Crippen LogP contribution >= 0.6 is 15.9 Å². The first-order valence-electron chi connectivity index (χ1n) is 5.36. The Labute approximate surface area is 105 Å². The van der Waals surface area contributed by atoms with Gasteiger partial charge in [-0.05, 0) is 42.9 Å². The van der Waals surface area contributed by atoms with E-state index in [0.29, 0.717) is 11.7 Å². The lowest BCUT2D eigenvalue weighted by atomic mass is 10.3. The lowest BCUT2D eigenvalue weighted by molar-refractivity contribution is 0.284. The normalized spacial score (nSPS) is 11.1. The summed E-state index contributed by atoms with van der Waals surface area (Å²) in [5, 5.41) is 3.27. The maximum Gasteiger partial charge on any atom is 0.140 e. The number of aromatic nitrogens is 1. The molecule has 0 aliphatic heterocycles. The molecule has 5 heteroatoms. The van der Waals surface area contributed by atoms with Crippen molar-refractivity contribution in [3.05, 3.63) is 16.7 Å². The largest absolute Gasteiger partial charge is 0.397 e. The summed E-state index contributed by atoms with van der Waals surface area (Å²) in [6.45, 7) is 6.20. The fourth-order valence-corrected chi connectivity index (χ4v) is 1.70. The molecular weight excluding hydrogens is 268 g/mol. The summed E-state index contributed by atoms with van der Waals surface area (Å²) >= 11 is 3.42. The molecule has 0 amide bonds. The Kier molecular flexibility index (Phi) is 5.02. The second kappa shape index (κ2) is 6.06. The van der Waals surface area contributed by atoms with Crippen LogP contribution in [0.1, 0.15) is 13.8 Å². The molecule has 1 rings (SSSR count). The molecule has 0 saturated carbocycles. The van der Waals surface area contributed by atoms with Gasteiger partial charge in [-0.3, -0.25) is 0 Å². The first kappa shape index (κ1) is 13.3. The van der Waals surface area contributed by atoms with E-state index in [0.717, 1.165) is 23.4 Å². The Morgan fingerprint density at radius 2 is 2.25 bits per heavy atom. The number of nitrogens with zero attached hydrogens (tertiary/aromatic N) is 2. The molecule has 0 fully saturated rings. The van der Waals surface area contributed by atoms with E-state index in [1.54, 1.807) is 6.20 Å². The van der Waals surface area contributed by atoms with Gasteiger partial charge in [0.1, 0.15) is 5.82 Å². The number of anilines is 2. The predicted molar refractivity (Wildman–Crippen MR) is 72.6 cm³/mol. The minimum absolute atomic E-state index is 0.560. The SMILES string of the molecule is CC(C)N(C)CCNc1ncc(N)cc1Br. The molecule has 4 nitrogen and oxygen atoms in total. The van der Waals surface area contributed by atoms with Crippen molar-refractivity contribution in [3.8, 4) is 0 Å². The van der Waals surface area contributed by atoms with Gasteiger partial charge in [0.25, 0.3) is 0 Å². The molecular formula is C11H19BrN4. The van der Waals surface area contributed by atoms with E-state index in [1.807, 2.05) is 6.07 Å². The van der Waals surface area contributed by atoms with Gasteiger partial charge in [-0.25, -0.2) is 4.98 Å². The van der Waals surface area contributed by atoms with E-state index in [-0.39, 0.29) is 0 Å². The third kappa shape index (κ3) is 3.98. The minimum Gasteiger partial charge on any atom is -0.397 e. The van der Waals surface area contributed by atoms with E-state index in [4.69, 9.17) is 5.73 Å². The van der Waals surface area contributed by atoms with Crippen molar-refractivity contribution < 1.29 is 0 Å². The summed E-state index contributed by atoms with van der Waals surface area (Å²) in [6.07, 6.45) is 1.65. The standard InChI is InChI=1S/C11H19BrN4/c1-8(2)16(3)5-4-14-11-10(12)6-9(13)7-15-11/h6-8H,4-5,13H2,1-3H3,(H,14,15). The van der Waals surface area contributed by atoms with Crippen LogP contribution in [-0.4, -0.2) is 36.1 Å². The molecule has 0 aromatic carbocycles. The van der Waals surface area contributed by atoms with Crippen LogP contribution in [-0.2, 0) is 0 Å². The van der Waals surface area contributed by atoms with Crippen LogP contribution in [0.15, 0.2) is 16.7 Å². The van der Waals surface area contributed by atoms with Crippen molar-refractivity contribution in [2.24, 2.45) is 0 Å². The van der Waals surface area contributed by atoms with Crippen molar-refractivity contribution in [1.82, 2.24) is 9.88 Å². The lowest BCUT2D eigenvalue weighted by Crippen LogP contribution is -2.31. The summed E-state index contributed by atoms with van der Waals surface area (Å²) in [6, 6.07) is 2.41. The van der Waals surface area contributed by atoms with Crippen LogP contribution in [0.4, 0.5) is 11.5 Å². The van der Waals surface area contributed by atoms with Gasteiger partial charge in [0.05, 0.1) is 16.4 Å². The molecule has 0 bridgehead atoms. The molecule has 0 unspecified atom stereocenters. The van der Waals surface area contributed by atoms with Gasteiger partial charge in [0.15, 0.2) is 0 Å². The molecule has 0 atom stereocenters. The highest BCUT2D eigenvalue weighted by molar-refractivity contribution is 9.10. The zero-order valence-corrected chi connectivity index (χ0v) is 11.6. The van der Waals surface area contributed by atoms with Crippen LogP contribution < -0.4 is 11.1 Å². The molecule has 0 aliphatic carbocycles. The summed E-state index contributed by atoms with van der Waals surface area (Å²) < 4.78 is 0.903. The molecule has 1 heterocycles. The average Bonchev–Trinajstić information content (AvgIpc) is 2.20. The van der Waals surface area contributed by atoms with Gasteiger partial charge in [0, 0.05) is 19.1 Å². The smallest absolute Gasteiger partial charge is 0.140 e. The Morgan fingerprint density at radius 3 is 2.81 bits per heavy atom. The van der Waals surface area contributed by atoms with Crippen molar-refractivity contribution in [2.45, 2.75) is 19.9 Å². The second-order valence-corrected chi connectivity index (χ2v) is 4.95. The molecule has 1 aromatic heterocycles. The van der Waals surface area contributed by atoms with Crippen molar-refractivity contribution in [3.63, 3.8) is 0 Å². The van der Waals surface area contributed by atoms with E-state index in [2.05, 4.69) is 52.0 Å². The second-order valence-electron chi connectivity index (χ2n) is 4.10. The topological polar surface area (TPSA) is 54.2 Å². The Bertz CT molecular complexity index is 341. The third-order valence-corrected chi connectivity index (χ3v) is 3.11. The van der Waals surface area contributed by atoms with Crippen LogP contribution in [0.2, 0.25) is 0 Å². The number of pyridine rings is 1. The van der Waals surface area contributed by atoms with Crippen LogP contribution in [0, 0.1) is 0 Å². The number of rotatable bonds is 5. The van der Waals surface area contributed by atoms with Crippen molar-refractivity contribution in [1.29, 1.82) is 0 Å². The highest BCUT2D eigenvalue weighted by atomic mass is 79.9. The maximum atomic E-state index is 5.62. The van der Waals surface area contributed by atoms with Gasteiger partial charge in [-0.2, -0.15) is 0 Å². The highest BCUT2D eigenvalue weighted by Gasteiger charge is 2.04. The maximum absolute atomic E-state index is 5.62. The Morgan fingerprint density at radius 1 is 1.56 bits per heavy atom. The monoisotopic (exact) mass is 286 g/mol. The number of nitrogens with one attached hydrogen (secondary N) is 1. The first-order chi connectivity index (χ1) is 7.50. The fraction of sp³-hybridized carbons (Fsp3) is 0.545. The Balaban J connectivity index is 2.43. The minimum atomic E-state index is 0.560. The molecule has 0 aliphatic rings. The molecule has 0 radical (unpaired) electrons. The van der Waals surface area contributed by atoms with E-state index >= 15 is 0 Å². The van der Waals surface area contributed by atoms with Crippen molar-refractivity contribution in [2.75, 3.05) is 31.2 Å². The van der Waals surface area contributed by atoms with Gasteiger partial charge in [0.2, 0.25) is 0 Å². The summed E-state index contributed by atoms with van der Waals surface area (Å²) in [5.74, 6) is 0.839. The van der Waals surface area contributed by atoms with Crippen LogP contribution in [0.3, 0.4) is 0 Å². The number of hydrogen-bond donors (Lipinski definition) is 2. The zero-order valence-electron chi connectivity index (χ0n) is 10.00. The lowest BCUT2D eigenvalue weighted by Gasteiger charge is -2.21. The van der Waals surface area contributed by atoms with Crippen molar-refractivity contribution >= 4 is 27.4 Å². The highest BCUT2D eigenvalue weighted by Crippen LogP contribution is 2.21. The number of hydrogen-bond acceptors (Lipinski definition) is 4. The number of halogens is 1. The van der Waals surface area contributed by atoms with Gasteiger partial charge >= 0.3 is 0 Å². The zero-order chi connectivity index (χ0) is 12.1. The number of likely N-dealkylation sites (N-methyl/N-ethyl adjacent to an activating group) is 1. The molecule has 0 spiro atoms.